The summed E-state index contributed by atoms with van der Waals surface area (Å²) in [6, 6.07) is 5.37. The fourth-order valence-corrected chi connectivity index (χ4v) is 1.78. The third-order valence-electron chi connectivity index (χ3n) is 3.19. The van der Waals surface area contributed by atoms with Gasteiger partial charge in [0.2, 0.25) is 0 Å². The van der Waals surface area contributed by atoms with E-state index >= 15 is 0 Å². The summed E-state index contributed by atoms with van der Waals surface area (Å²) >= 11 is 0. The zero-order chi connectivity index (χ0) is 15.2. The van der Waals surface area contributed by atoms with Crippen molar-refractivity contribution in [1.29, 1.82) is 0 Å². The Morgan fingerprint density at radius 2 is 2.00 bits per heavy atom. The van der Waals surface area contributed by atoms with Crippen molar-refractivity contribution in [2.75, 3.05) is 5.32 Å². The van der Waals surface area contributed by atoms with Crippen LogP contribution < -0.4 is 10.6 Å². The zero-order valence-corrected chi connectivity index (χ0v) is 11.5. The van der Waals surface area contributed by atoms with Crippen LogP contribution in [0.1, 0.15) is 26.7 Å². The Balaban J connectivity index is 2.87. The second kappa shape index (κ2) is 6.57. The number of benzene rings is 1. The molecule has 0 aliphatic rings. The molecule has 2 N–H and O–H groups in total. The molecule has 0 atom stereocenters. The first kappa shape index (κ1) is 15.5. The summed E-state index contributed by atoms with van der Waals surface area (Å²) in [5.41, 5.74) is -0.775. The highest BCUT2D eigenvalue weighted by molar-refractivity contribution is 5.92. The van der Waals surface area contributed by atoms with Crippen LogP contribution in [0.5, 0.6) is 0 Å². The molecule has 0 aliphatic heterocycles. The Bertz CT molecular complexity index is 545. The van der Waals surface area contributed by atoms with Gasteiger partial charge in [0, 0.05) is 6.07 Å². The van der Waals surface area contributed by atoms with Crippen LogP contribution in [0.15, 0.2) is 24.3 Å². The average molecular weight is 275 g/mol. The third kappa shape index (κ3) is 3.48. The van der Waals surface area contributed by atoms with Gasteiger partial charge in [0.1, 0.15) is 11.2 Å². The van der Waals surface area contributed by atoms with Crippen molar-refractivity contribution in [3.05, 3.63) is 34.4 Å². The third-order valence-corrected chi connectivity index (χ3v) is 3.19. The molecule has 0 heterocycles. The van der Waals surface area contributed by atoms with E-state index in [1.54, 1.807) is 6.07 Å². The van der Waals surface area contributed by atoms with Gasteiger partial charge in [-0.3, -0.25) is 10.1 Å². The van der Waals surface area contributed by atoms with Crippen LogP contribution >= 0.6 is 0 Å². The van der Waals surface area contributed by atoms with E-state index in [1.807, 2.05) is 13.8 Å². The summed E-state index contributed by atoms with van der Waals surface area (Å²) in [5, 5.41) is 16.0. The van der Waals surface area contributed by atoms with Crippen LogP contribution in [0.25, 0.3) is 0 Å². The van der Waals surface area contributed by atoms with Crippen molar-refractivity contribution in [3.63, 3.8) is 0 Å². The van der Waals surface area contributed by atoms with Crippen molar-refractivity contribution >= 4 is 17.4 Å². The summed E-state index contributed by atoms with van der Waals surface area (Å²) in [4.78, 5) is 22.2. The van der Waals surface area contributed by atoms with Crippen molar-refractivity contribution < 1.29 is 9.72 Å². The normalized spacial score (nSPS) is 10.4. The van der Waals surface area contributed by atoms with Gasteiger partial charge in [0.15, 0.2) is 0 Å². The van der Waals surface area contributed by atoms with Gasteiger partial charge in [-0.2, -0.15) is 0 Å². The van der Waals surface area contributed by atoms with Crippen LogP contribution in [-0.2, 0) is 0 Å². The fraction of sp³-hybridized carbons (Fsp3) is 0.357. The minimum Gasteiger partial charge on any atom is -0.322 e. The smallest absolute Gasteiger partial charge is 0.320 e. The Morgan fingerprint density at radius 3 is 2.50 bits per heavy atom. The van der Waals surface area contributed by atoms with E-state index in [0.717, 1.165) is 0 Å². The minimum absolute atomic E-state index is 0.133. The predicted molar refractivity (Wildman–Crippen MR) is 77.4 cm³/mol. The predicted octanol–water partition coefficient (Wildman–Crippen LogP) is 2.91. The Kier molecular flexibility index (Phi) is 5.09. The lowest BCUT2D eigenvalue weighted by molar-refractivity contribution is -0.383. The molecule has 0 bridgehead atoms. The number of amides is 2. The summed E-state index contributed by atoms with van der Waals surface area (Å²) in [6.07, 6.45) is 6.60. The first-order valence-electron chi connectivity index (χ1n) is 6.28. The molecule has 1 aromatic rings. The first-order chi connectivity index (χ1) is 9.48. The van der Waals surface area contributed by atoms with Gasteiger partial charge in [-0.1, -0.05) is 31.9 Å². The lowest BCUT2D eigenvalue weighted by Gasteiger charge is -2.26. The summed E-state index contributed by atoms with van der Waals surface area (Å²) < 4.78 is 0. The zero-order valence-electron chi connectivity index (χ0n) is 11.5. The maximum Gasteiger partial charge on any atom is 0.320 e. The van der Waals surface area contributed by atoms with Gasteiger partial charge in [0.25, 0.3) is 5.69 Å². The van der Waals surface area contributed by atoms with E-state index in [-0.39, 0.29) is 11.4 Å². The summed E-state index contributed by atoms with van der Waals surface area (Å²) in [7, 11) is 0. The second-order valence-electron chi connectivity index (χ2n) is 4.29. The summed E-state index contributed by atoms with van der Waals surface area (Å²) in [6.45, 7) is 3.74. The quantitative estimate of drug-likeness (QED) is 0.492. The molecule has 6 heteroatoms. The second-order valence-corrected chi connectivity index (χ2v) is 4.29. The monoisotopic (exact) mass is 275 g/mol. The van der Waals surface area contributed by atoms with Crippen molar-refractivity contribution in [2.45, 2.75) is 32.2 Å². The van der Waals surface area contributed by atoms with Crippen LogP contribution in [-0.4, -0.2) is 16.5 Å². The molecular weight excluding hydrogens is 258 g/mol. The molecule has 0 spiro atoms. The fourth-order valence-electron chi connectivity index (χ4n) is 1.78. The number of anilines is 1. The molecule has 1 aromatic carbocycles. The molecule has 106 valence electrons. The highest BCUT2D eigenvalue weighted by Crippen LogP contribution is 2.23. The summed E-state index contributed by atoms with van der Waals surface area (Å²) in [5.74, 6) is 2.56. The van der Waals surface area contributed by atoms with Gasteiger partial charge in [-0.25, -0.2) is 4.79 Å². The molecule has 0 aromatic heterocycles. The highest BCUT2D eigenvalue weighted by atomic mass is 16.6. The molecule has 20 heavy (non-hydrogen) atoms. The molecule has 2 amide bonds. The van der Waals surface area contributed by atoms with E-state index in [0.29, 0.717) is 12.8 Å². The van der Waals surface area contributed by atoms with Crippen molar-refractivity contribution in [2.24, 2.45) is 0 Å². The van der Waals surface area contributed by atoms with Gasteiger partial charge in [-0.05, 0) is 18.9 Å². The van der Waals surface area contributed by atoms with Crippen LogP contribution in [0.3, 0.4) is 0 Å². The standard InChI is InChI=1S/C14H17N3O3/c1-4-14(5-2,6-3)16-13(18)15-11-9-7-8-10-12(11)17(19)20/h1,7-10H,5-6H2,2-3H3,(H2,15,16,18). The van der Waals surface area contributed by atoms with Crippen molar-refractivity contribution in [1.82, 2.24) is 5.32 Å². The minimum atomic E-state index is -0.742. The molecule has 0 aliphatic carbocycles. The highest BCUT2D eigenvalue weighted by Gasteiger charge is 2.26. The number of rotatable bonds is 5. The maximum absolute atomic E-state index is 11.9. The number of nitrogens with zero attached hydrogens (tertiary/aromatic N) is 1. The molecule has 0 saturated heterocycles. The molecule has 0 radical (unpaired) electrons. The number of nitro groups is 1. The van der Waals surface area contributed by atoms with E-state index in [4.69, 9.17) is 6.42 Å². The topological polar surface area (TPSA) is 84.3 Å². The Labute approximate surface area is 117 Å². The lowest BCUT2D eigenvalue weighted by Crippen LogP contribution is -2.48. The van der Waals surface area contributed by atoms with Crippen LogP contribution in [0.2, 0.25) is 0 Å². The van der Waals surface area contributed by atoms with Crippen LogP contribution in [0.4, 0.5) is 16.2 Å². The average Bonchev–Trinajstić information content (AvgIpc) is 2.45. The number of para-hydroxylation sites is 2. The number of terminal acetylenes is 1. The molecule has 6 nitrogen and oxygen atoms in total. The van der Waals surface area contributed by atoms with E-state index in [1.165, 1.54) is 18.2 Å². The number of hydrogen-bond acceptors (Lipinski definition) is 3. The largest absolute Gasteiger partial charge is 0.322 e. The number of urea groups is 1. The number of nitro benzene ring substituents is 1. The Morgan fingerprint density at radius 1 is 1.40 bits per heavy atom. The van der Waals surface area contributed by atoms with E-state index < -0.39 is 16.5 Å². The molecule has 0 fully saturated rings. The van der Waals surface area contributed by atoms with Crippen molar-refractivity contribution in [3.8, 4) is 12.3 Å². The molecule has 1 rings (SSSR count). The van der Waals surface area contributed by atoms with E-state index in [9.17, 15) is 14.9 Å². The molecular formula is C14H17N3O3. The lowest BCUT2D eigenvalue weighted by atomic mass is 9.94. The van der Waals surface area contributed by atoms with Gasteiger partial charge >= 0.3 is 6.03 Å². The maximum atomic E-state index is 11.9. The first-order valence-corrected chi connectivity index (χ1v) is 6.28. The van der Waals surface area contributed by atoms with Crippen LogP contribution in [0, 0.1) is 22.5 Å². The Hall–Kier alpha value is -2.55. The van der Waals surface area contributed by atoms with Gasteiger partial charge in [0.05, 0.1) is 4.92 Å². The molecule has 0 unspecified atom stereocenters. The number of hydrogen-bond donors (Lipinski definition) is 2. The van der Waals surface area contributed by atoms with E-state index in [2.05, 4.69) is 16.6 Å². The van der Waals surface area contributed by atoms with Gasteiger partial charge < -0.3 is 10.6 Å². The number of carbonyl (C=O) groups excluding carboxylic acids is 1. The SMILES string of the molecule is C#CC(CC)(CC)NC(=O)Nc1ccccc1[N+](=O)[O-]. The number of nitrogens with one attached hydrogen (secondary N) is 2. The van der Waals surface area contributed by atoms with Gasteiger partial charge in [-0.15, -0.1) is 6.42 Å². The number of carbonyl (C=O) groups is 1. The molecule has 0 saturated carbocycles.